The van der Waals surface area contributed by atoms with Crippen molar-refractivity contribution in [1.29, 1.82) is 0 Å². The van der Waals surface area contributed by atoms with Gasteiger partial charge in [0.15, 0.2) is 5.78 Å². The summed E-state index contributed by atoms with van der Waals surface area (Å²) in [6.45, 7) is 18.2. The Morgan fingerprint density at radius 3 is 2.38 bits per heavy atom. The number of allylic oxidation sites excluding steroid dienone is 2. The number of carbonyl (C=O) groups is 2. The molecule has 3 fully saturated rings. The van der Waals surface area contributed by atoms with Gasteiger partial charge in [0.05, 0.1) is 5.71 Å². The van der Waals surface area contributed by atoms with Crippen molar-refractivity contribution in [2.75, 3.05) is 0 Å². The van der Waals surface area contributed by atoms with Crippen molar-refractivity contribution in [3.63, 3.8) is 0 Å². The molecule has 3 saturated carbocycles. The van der Waals surface area contributed by atoms with E-state index in [0.29, 0.717) is 11.8 Å². The normalized spacial score (nSPS) is 46.5. The predicted octanol–water partition coefficient (Wildman–Crippen LogP) is 6.85. The number of nitrogens with zero attached hydrogens (tertiary/aromatic N) is 1. The molecule has 0 heterocycles. The second-order valence-corrected chi connectivity index (χ2v) is 14.9. The number of nitrogens with one attached hydrogen (secondary N) is 1. The molecule has 0 radical (unpaired) electrons. The fourth-order valence-corrected chi connectivity index (χ4v) is 9.32. The number of amides is 2. The monoisotopic (exact) mass is 513 g/mol. The largest absolute Gasteiger partial charge is 0.411 e. The van der Waals surface area contributed by atoms with Crippen LogP contribution in [0.3, 0.4) is 0 Å². The van der Waals surface area contributed by atoms with Crippen LogP contribution in [0.2, 0.25) is 0 Å². The average molecular weight is 514 g/mol. The molecule has 0 aromatic carbocycles. The molecule has 0 aromatic heterocycles. The zero-order valence-corrected chi connectivity index (χ0v) is 24.5. The molecule has 4 rings (SSSR count). The minimum atomic E-state index is -0.466. The summed E-state index contributed by atoms with van der Waals surface area (Å²) in [5.74, 6) is 1.43. The average Bonchev–Trinajstić information content (AvgIpc) is 2.80. The van der Waals surface area contributed by atoms with Gasteiger partial charge in [0.25, 0.3) is 0 Å². The molecule has 0 bridgehead atoms. The molecule has 4 N–H and O–H groups in total. The standard InChI is InChI=1S/C31H51N3O3/c1-19-9-10-25(34-37)27(3,4)21(19)11-12-30(7)20(2)24(35)17-22-23-18-29(6,33-26(32)36)15-13-28(23,5)14-16-31(22,30)8/h17,19-21,23,37H,9-16,18H2,1-8H3,(H3,32,33,36)/b34-25+/t19-,20+,21?,23+,28-,29+,30-,31-/m1/s1. The van der Waals surface area contributed by atoms with E-state index in [0.717, 1.165) is 63.5 Å². The summed E-state index contributed by atoms with van der Waals surface area (Å²) in [6.07, 6.45) is 10.9. The van der Waals surface area contributed by atoms with E-state index in [4.69, 9.17) is 5.73 Å². The Morgan fingerprint density at radius 2 is 1.76 bits per heavy atom. The van der Waals surface area contributed by atoms with E-state index in [9.17, 15) is 14.8 Å². The Kier molecular flexibility index (Phi) is 6.94. The minimum Gasteiger partial charge on any atom is -0.411 e. The maximum Gasteiger partial charge on any atom is 0.312 e. The third-order valence-electron chi connectivity index (χ3n) is 12.6. The highest BCUT2D eigenvalue weighted by atomic mass is 16.4. The molecule has 1 unspecified atom stereocenters. The number of carbonyl (C=O) groups excluding carboxylic acids is 2. The second kappa shape index (κ2) is 9.12. The number of fused-ring (bicyclic) bond motifs is 3. The number of primary amides is 1. The van der Waals surface area contributed by atoms with Gasteiger partial charge in [0.2, 0.25) is 0 Å². The first-order chi connectivity index (χ1) is 17.0. The number of hydrogen-bond acceptors (Lipinski definition) is 4. The Bertz CT molecular complexity index is 1020. The van der Waals surface area contributed by atoms with Crippen LogP contribution in [0.1, 0.15) is 113 Å². The van der Waals surface area contributed by atoms with Gasteiger partial charge < -0.3 is 16.3 Å². The summed E-state index contributed by atoms with van der Waals surface area (Å²) in [5.41, 5.74) is 7.20. The van der Waals surface area contributed by atoms with Crippen molar-refractivity contribution < 1.29 is 14.8 Å². The Labute approximate surface area is 224 Å². The van der Waals surface area contributed by atoms with Crippen LogP contribution in [0, 0.1) is 45.3 Å². The van der Waals surface area contributed by atoms with E-state index in [2.05, 4.69) is 65.9 Å². The van der Waals surface area contributed by atoms with Crippen molar-refractivity contribution >= 4 is 17.5 Å². The van der Waals surface area contributed by atoms with Crippen molar-refractivity contribution in [1.82, 2.24) is 5.32 Å². The van der Waals surface area contributed by atoms with Gasteiger partial charge in [-0.25, -0.2) is 4.79 Å². The second-order valence-electron chi connectivity index (χ2n) is 14.9. The molecule has 0 saturated heterocycles. The van der Waals surface area contributed by atoms with Gasteiger partial charge in [0, 0.05) is 16.9 Å². The van der Waals surface area contributed by atoms with E-state index < -0.39 is 6.03 Å². The highest BCUT2D eigenvalue weighted by Crippen LogP contribution is 2.68. The number of ketones is 1. The molecule has 6 heteroatoms. The van der Waals surface area contributed by atoms with Crippen molar-refractivity contribution in [3.05, 3.63) is 11.6 Å². The zero-order valence-electron chi connectivity index (χ0n) is 24.5. The van der Waals surface area contributed by atoms with Gasteiger partial charge in [-0.2, -0.15) is 0 Å². The lowest BCUT2D eigenvalue weighted by Crippen LogP contribution is -2.60. The number of oxime groups is 1. The predicted molar refractivity (Wildman–Crippen MR) is 148 cm³/mol. The van der Waals surface area contributed by atoms with Gasteiger partial charge in [0.1, 0.15) is 0 Å². The molecule has 2 amide bonds. The van der Waals surface area contributed by atoms with Crippen LogP contribution in [0.4, 0.5) is 4.79 Å². The van der Waals surface area contributed by atoms with Gasteiger partial charge in [-0.1, -0.05) is 59.2 Å². The first-order valence-corrected chi connectivity index (χ1v) is 14.6. The first kappa shape index (κ1) is 28.2. The van der Waals surface area contributed by atoms with E-state index in [-0.39, 0.29) is 44.8 Å². The topological polar surface area (TPSA) is 105 Å². The van der Waals surface area contributed by atoms with Gasteiger partial charge >= 0.3 is 6.03 Å². The Balaban J connectivity index is 1.68. The maximum atomic E-state index is 13.6. The molecule has 0 aromatic rings. The molecule has 6 nitrogen and oxygen atoms in total. The smallest absolute Gasteiger partial charge is 0.312 e. The molecule has 4 aliphatic carbocycles. The summed E-state index contributed by atoms with van der Waals surface area (Å²) in [6, 6.07) is -0.466. The number of hydrogen-bond donors (Lipinski definition) is 3. The van der Waals surface area contributed by atoms with Gasteiger partial charge in [-0.3, -0.25) is 4.79 Å². The maximum absolute atomic E-state index is 13.6. The molecule has 37 heavy (non-hydrogen) atoms. The summed E-state index contributed by atoms with van der Waals surface area (Å²) < 4.78 is 0. The fourth-order valence-electron chi connectivity index (χ4n) is 9.32. The highest BCUT2D eigenvalue weighted by Gasteiger charge is 2.62. The summed E-state index contributed by atoms with van der Waals surface area (Å²) in [7, 11) is 0. The van der Waals surface area contributed by atoms with Gasteiger partial charge in [-0.15, -0.1) is 0 Å². The Morgan fingerprint density at radius 1 is 1.11 bits per heavy atom. The zero-order chi connectivity index (χ0) is 27.6. The Hall–Kier alpha value is -1.85. The lowest BCUT2D eigenvalue weighted by atomic mass is 9.40. The SMILES string of the molecule is C[C@@H]1CC/C(=N\O)C(C)(C)C1CC[C@]1(C)[C@@H](C)C(=O)C=C2[C@@H]3C[C@@](C)(NC(N)=O)CC[C@]3(C)CC[C@]21C. The van der Waals surface area contributed by atoms with Crippen LogP contribution in [-0.4, -0.2) is 28.3 Å². The van der Waals surface area contributed by atoms with Crippen LogP contribution in [-0.2, 0) is 4.79 Å². The van der Waals surface area contributed by atoms with E-state index >= 15 is 0 Å². The lowest BCUT2D eigenvalue weighted by molar-refractivity contribution is -0.132. The van der Waals surface area contributed by atoms with Crippen LogP contribution < -0.4 is 11.1 Å². The number of nitrogens with two attached hydrogens (primary N) is 1. The van der Waals surface area contributed by atoms with Crippen LogP contribution in [0.5, 0.6) is 0 Å². The van der Waals surface area contributed by atoms with Crippen LogP contribution in [0.15, 0.2) is 16.8 Å². The van der Waals surface area contributed by atoms with E-state index in [1.54, 1.807) is 0 Å². The highest BCUT2D eigenvalue weighted by molar-refractivity contribution is 5.94. The van der Waals surface area contributed by atoms with Crippen molar-refractivity contribution in [3.8, 4) is 0 Å². The molecule has 0 spiro atoms. The molecular weight excluding hydrogens is 462 g/mol. The third-order valence-corrected chi connectivity index (χ3v) is 12.6. The quantitative estimate of drug-likeness (QED) is 0.283. The van der Waals surface area contributed by atoms with E-state index in [1.807, 2.05) is 6.08 Å². The summed E-state index contributed by atoms with van der Waals surface area (Å²) in [4.78, 5) is 25.5. The molecular formula is C31H51N3O3. The fraction of sp³-hybridized carbons (Fsp3) is 0.839. The number of rotatable bonds is 4. The van der Waals surface area contributed by atoms with Crippen molar-refractivity contribution in [2.45, 2.75) is 119 Å². The molecule has 0 aliphatic heterocycles. The van der Waals surface area contributed by atoms with Gasteiger partial charge in [-0.05, 0) is 105 Å². The first-order valence-electron chi connectivity index (χ1n) is 14.6. The summed E-state index contributed by atoms with van der Waals surface area (Å²) in [5, 5.41) is 16.5. The van der Waals surface area contributed by atoms with Crippen LogP contribution >= 0.6 is 0 Å². The molecule has 8 atom stereocenters. The third kappa shape index (κ3) is 4.34. The number of urea groups is 1. The van der Waals surface area contributed by atoms with E-state index in [1.165, 1.54) is 5.57 Å². The van der Waals surface area contributed by atoms with Crippen molar-refractivity contribution in [2.24, 2.45) is 56.2 Å². The lowest BCUT2D eigenvalue weighted by Gasteiger charge is -2.64. The molecule has 4 aliphatic rings. The van der Waals surface area contributed by atoms with Crippen LogP contribution in [0.25, 0.3) is 0 Å². The minimum absolute atomic E-state index is 0.0442. The molecule has 208 valence electrons. The summed E-state index contributed by atoms with van der Waals surface area (Å²) >= 11 is 0.